The number of aromatic nitrogens is 2. The van der Waals surface area contributed by atoms with Crippen LogP contribution in [0.1, 0.15) is 74.2 Å². The molecule has 2 aliphatic rings. The Morgan fingerprint density at radius 2 is 1.61 bits per heavy atom. The third kappa shape index (κ3) is 5.02. The predicted molar refractivity (Wildman–Crippen MR) is 150 cm³/mol. The van der Waals surface area contributed by atoms with Gasteiger partial charge in [-0.15, -0.1) is 0 Å². The fourth-order valence-electron chi connectivity index (χ4n) is 5.97. The maximum atomic E-state index is 13.6. The van der Waals surface area contributed by atoms with Gasteiger partial charge >= 0.3 is 0 Å². The maximum absolute atomic E-state index is 13.6. The van der Waals surface area contributed by atoms with Gasteiger partial charge in [-0.1, -0.05) is 24.3 Å². The molecule has 1 aliphatic heterocycles. The second kappa shape index (κ2) is 10.6. The number of rotatable bonds is 5. The minimum atomic E-state index is -0.0295. The Kier molecular flexibility index (Phi) is 7.19. The molecule has 2 amide bonds. The van der Waals surface area contributed by atoms with Crippen molar-refractivity contribution in [3.05, 3.63) is 87.9 Å². The number of carbonyl (C=O) groups excluding carboxylic acids is 2. The van der Waals surface area contributed by atoms with E-state index >= 15 is 0 Å². The van der Waals surface area contributed by atoms with Gasteiger partial charge in [-0.3, -0.25) is 9.59 Å². The summed E-state index contributed by atoms with van der Waals surface area (Å²) >= 11 is 0. The number of hydrogen-bond donors (Lipinski definition) is 0. The van der Waals surface area contributed by atoms with Gasteiger partial charge in [-0.25, -0.2) is 9.97 Å². The van der Waals surface area contributed by atoms with Gasteiger partial charge in [0.05, 0.1) is 6.04 Å². The Morgan fingerprint density at radius 3 is 2.32 bits per heavy atom. The summed E-state index contributed by atoms with van der Waals surface area (Å²) in [4.78, 5) is 41.9. The number of benzene rings is 2. The molecule has 38 heavy (non-hydrogen) atoms. The summed E-state index contributed by atoms with van der Waals surface area (Å²) in [5.41, 5.74) is 5.70. The second-order valence-electron chi connectivity index (χ2n) is 10.7. The van der Waals surface area contributed by atoms with Crippen molar-refractivity contribution in [2.75, 3.05) is 32.1 Å². The topological polar surface area (TPSA) is 69.6 Å². The molecule has 1 atom stereocenters. The van der Waals surface area contributed by atoms with E-state index < -0.39 is 0 Å². The fraction of sp³-hybridized carbons (Fsp3) is 0.419. The number of anilines is 1. The van der Waals surface area contributed by atoms with Crippen molar-refractivity contribution >= 4 is 17.6 Å². The largest absolute Gasteiger partial charge is 0.356 e. The summed E-state index contributed by atoms with van der Waals surface area (Å²) in [5.74, 6) is 1.82. The molecule has 1 saturated heterocycles. The molecule has 7 heteroatoms. The summed E-state index contributed by atoms with van der Waals surface area (Å²) in [5, 5.41) is 0. The lowest BCUT2D eigenvalue weighted by molar-refractivity contribution is 0.0709. The van der Waals surface area contributed by atoms with Gasteiger partial charge in [-0.2, -0.15) is 0 Å². The van der Waals surface area contributed by atoms with Crippen LogP contribution in [0.15, 0.2) is 48.5 Å². The van der Waals surface area contributed by atoms with E-state index in [0.29, 0.717) is 5.56 Å². The lowest BCUT2D eigenvalue weighted by atomic mass is 9.99. The zero-order valence-corrected chi connectivity index (χ0v) is 23.1. The highest BCUT2D eigenvalue weighted by atomic mass is 16.2. The summed E-state index contributed by atoms with van der Waals surface area (Å²) in [6.45, 7) is 7.60. The SMILES string of the molecule is Cc1cc(N2CCC(N(C)C(=O)c3ccc4c(c3)[C@H](N(C)C(=O)c3ccccc3C)CC4)CC2)nc(C)n1. The molecule has 0 saturated carbocycles. The van der Waals surface area contributed by atoms with Crippen LogP contribution in [0.5, 0.6) is 0 Å². The molecule has 5 rings (SSSR count). The zero-order chi connectivity index (χ0) is 27.0. The van der Waals surface area contributed by atoms with E-state index in [-0.39, 0.29) is 23.9 Å². The van der Waals surface area contributed by atoms with Crippen LogP contribution in [0.4, 0.5) is 5.82 Å². The molecule has 0 bridgehead atoms. The number of hydrogen-bond acceptors (Lipinski definition) is 5. The fourth-order valence-corrected chi connectivity index (χ4v) is 5.97. The summed E-state index contributed by atoms with van der Waals surface area (Å²) < 4.78 is 0. The average Bonchev–Trinajstić information content (AvgIpc) is 3.34. The highest BCUT2D eigenvalue weighted by molar-refractivity contribution is 5.96. The Balaban J connectivity index is 1.27. The Bertz CT molecular complexity index is 1340. The van der Waals surface area contributed by atoms with Crippen molar-refractivity contribution in [2.45, 2.75) is 58.5 Å². The average molecular weight is 512 g/mol. The molecule has 0 N–H and O–H groups in total. The highest BCUT2D eigenvalue weighted by Gasteiger charge is 2.32. The van der Waals surface area contributed by atoms with Crippen LogP contribution in [-0.4, -0.2) is 64.8 Å². The van der Waals surface area contributed by atoms with Crippen molar-refractivity contribution in [3.63, 3.8) is 0 Å². The lowest BCUT2D eigenvalue weighted by Crippen LogP contribution is -2.46. The molecule has 7 nitrogen and oxygen atoms in total. The van der Waals surface area contributed by atoms with Crippen molar-refractivity contribution < 1.29 is 9.59 Å². The quantitative estimate of drug-likeness (QED) is 0.487. The molecule has 0 radical (unpaired) electrons. The van der Waals surface area contributed by atoms with E-state index in [4.69, 9.17) is 0 Å². The molecule has 2 aromatic carbocycles. The molecular weight excluding hydrogens is 474 g/mol. The van der Waals surface area contributed by atoms with Crippen LogP contribution < -0.4 is 4.90 Å². The predicted octanol–water partition coefficient (Wildman–Crippen LogP) is 4.90. The van der Waals surface area contributed by atoms with Gasteiger partial charge in [0.15, 0.2) is 0 Å². The molecule has 0 unspecified atom stereocenters. The summed E-state index contributed by atoms with van der Waals surface area (Å²) in [6, 6.07) is 15.9. The summed E-state index contributed by atoms with van der Waals surface area (Å²) in [7, 11) is 3.80. The summed E-state index contributed by atoms with van der Waals surface area (Å²) in [6.07, 6.45) is 3.57. The number of carbonyl (C=O) groups is 2. The molecule has 1 fully saturated rings. The first-order valence-corrected chi connectivity index (χ1v) is 13.5. The molecule has 0 spiro atoms. The van der Waals surface area contributed by atoms with Gasteiger partial charge < -0.3 is 14.7 Å². The van der Waals surface area contributed by atoms with Gasteiger partial charge in [0.25, 0.3) is 11.8 Å². The first-order chi connectivity index (χ1) is 18.2. The monoisotopic (exact) mass is 511 g/mol. The standard InChI is InChI=1S/C31H37N5O2/c1-20-8-6-7-9-26(20)31(38)35(5)28-13-12-23-10-11-24(19-27(23)28)30(37)34(4)25-14-16-36(17-15-25)29-18-21(2)32-22(3)33-29/h6-11,18-19,25,28H,12-17H2,1-5H3/t28-/m1/s1. The molecule has 1 aliphatic carbocycles. The van der Waals surface area contributed by atoms with Gasteiger partial charge in [0, 0.05) is 56.1 Å². The number of fused-ring (bicyclic) bond motifs is 1. The molecule has 1 aromatic heterocycles. The van der Waals surface area contributed by atoms with Crippen molar-refractivity contribution in [3.8, 4) is 0 Å². The third-order valence-electron chi connectivity index (χ3n) is 8.21. The molecule has 198 valence electrons. The van der Waals surface area contributed by atoms with Crippen LogP contribution >= 0.6 is 0 Å². The van der Waals surface area contributed by atoms with Crippen molar-refractivity contribution in [1.29, 1.82) is 0 Å². The van der Waals surface area contributed by atoms with E-state index in [0.717, 1.165) is 72.8 Å². The number of nitrogens with zero attached hydrogens (tertiary/aromatic N) is 5. The van der Waals surface area contributed by atoms with E-state index in [1.807, 2.05) is 87.1 Å². The van der Waals surface area contributed by atoms with E-state index in [1.54, 1.807) is 0 Å². The Morgan fingerprint density at radius 1 is 0.868 bits per heavy atom. The molecule has 2 heterocycles. The first kappa shape index (κ1) is 25.9. The van der Waals surface area contributed by atoms with Crippen LogP contribution in [-0.2, 0) is 6.42 Å². The smallest absolute Gasteiger partial charge is 0.254 e. The zero-order valence-electron chi connectivity index (χ0n) is 23.1. The highest BCUT2D eigenvalue weighted by Crippen LogP contribution is 2.37. The van der Waals surface area contributed by atoms with E-state index in [9.17, 15) is 9.59 Å². The van der Waals surface area contributed by atoms with Gasteiger partial charge in [-0.05, 0) is 81.3 Å². The number of piperidine rings is 1. The van der Waals surface area contributed by atoms with Crippen molar-refractivity contribution in [1.82, 2.24) is 19.8 Å². The van der Waals surface area contributed by atoms with Crippen LogP contribution in [0.3, 0.4) is 0 Å². The van der Waals surface area contributed by atoms with Crippen LogP contribution in [0.25, 0.3) is 0 Å². The minimum Gasteiger partial charge on any atom is -0.356 e. The van der Waals surface area contributed by atoms with Crippen LogP contribution in [0.2, 0.25) is 0 Å². The number of aryl methyl sites for hydroxylation is 4. The Hall–Kier alpha value is -3.74. The van der Waals surface area contributed by atoms with Crippen molar-refractivity contribution in [2.24, 2.45) is 0 Å². The van der Waals surface area contributed by atoms with E-state index in [2.05, 4.69) is 20.9 Å². The van der Waals surface area contributed by atoms with Gasteiger partial charge in [0.1, 0.15) is 11.6 Å². The normalized spacial score (nSPS) is 17.3. The Labute approximate surface area is 225 Å². The number of amides is 2. The molecular formula is C31H37N5O2. The molecule has 3 aromatic rings. The minimum absolute atomic E-state index is 0.0237. The second-order valence-corrected chi connectivity index (χ2v) is 10.7. The van der Waals surface area contributed by atoms with E-state index in [1.165, 1.54) is 5.56 Å². The lowest BCUT2D eigenvalue weighted by Gasteiger charge is -2.37. The van der Waals surface area contributed by atoms with Gasteiger partial charge in [0.2, 0.25) is 0 Å². The maximum Gasteiger partial charge on any atom is 0.254 e. The first-order valence-electron chi connectivity index (χ1n) is 13.5. The van der Waals surface area contributed by atoms with Crippen LogP contribution in [0, 0.1) is 20.8 Å². The third-order valence-corrected chi connectivity index (χ3v) is 8.21.